The summed E-state index contributed by atoms with van der Waals surface area (Å²) in [5.41, 5.74) is 1.02. The van der Waals surface area contributed by atoms with Crippen LogP contribution in [0.25, 0.3) is 0 Å². The van der Waals surface area contributed by atoms with E-state index in [-0.39, 0.29) is 26.5 Å². The molecule has 116 valence electrons. The van der Waals surface area contributed by atoms with E-state index in [1.165, 1.54) is 5.41 Å². The van der Waals surface area contributed by atoms with Crippen LogP contribution in [0.2, 0.25) is 0 Å². The Balaban J connectivity index is 2.30. The number of rotatable bonds is 6. The zero-order valence-corrected chi connectivity index (χ0v) is 14.8. The molecule has 0 atom stereocenters. The van der Waals surface area contributed by atoms with E-state index >= 15 is 0 Å². The Hall–Kier alpha value is -1.39. The van der Waals surface area contributed by atoms with Crippen molar-refractivity contribution in [1.82, 2.24) is 0 Å². The van der Waals surface area contributed by atoms with Crippen molar-refractivity contribution in [1.29, 1.82) is 0 Å². The summed E-state index contributed by atoms with van der Waals surface area (Å²) in [7, 11) is -3.48. The fourth-order valence-electron chi connectivity index (χ4n) is 1.85. The molecule has 3 nitrogen and oxygen atoms in total. The van der Waals surface area contributed by atoms with Gasteiger partial charge in [0.15, 0.2) is 0 Å². The van der Waals surface area contributed by atoms with Gasteiger partial charge >= 0.3 is 138 Å². The molecule has 2 aromatic carbocycles. The van der Waals surface area contributed by atoms with Crippen LogP contribution in [-0.4, -0.2) is 35.1 Å². The molecule has 0 bridgehead atoms. The summed E-state index contributed by atoms with van der Waals surface area (Å²) in [6, 6.07) is 16.6. The normalized spacial score (nSPS) is 12.4. The number of aliphatic hydroxyl groups is 1. The molecule has 22 heavy (non-hydrogen) atoms. The molecular formula is C17H18O3SSe. The van der Waals surface area contributed by atoms with Crippen molar-refractivity contribution < 1.29 is 13.5 Å². The molecule has 2 rings (SSSR count). The molecule has 0 saturated carbocycles. The van der Waals surface area contributed by atoms with Crippen LogP contribution >= 0.6 is 0 Å². The van der Waals surface area contributed by atoms with E-state index in [1.807, 2.05) is 37.3 Å². The van der Waals surface area contributed by atoms with Gasteiger partial charge in [0.25, 0.3) is 0 Å². The molecule has 0 aliphatic rings. The first-order chi connectivity index (χ1) is 10.5. The fraction of sp³-hybridized carbons (Fsp3) is 0.176. The number of hydrogen-bond acceptors (Lipinski definition) is 3. The molecule has 0 amide bonds. The zero-order valence-electron chi connectivity index (χ0n) is 12.3. The van der Waals surface area contributed by atoms with Gasteiger partial charge < -0.3 is 0 Å². The summed E-state index contributed by atoms with van der Waals surface area (Å²) in [4.78, 5) is 0.289. The van der Waals surface area contributed by atoms with Gasteiger partial charge in [-0.2, -0.15) is 0 Å². The zero-order chi connectivity index (χ0) is 16.0. The standard InChI is InChI=1S/C17H18O3SSe/c1-14-7-9-15(10-8-14)21(19,20)13-17(11-12-18)22-16-5-3-2-4-6-16/h2-10,13,18H,11-12H2,1H3/b17-13+. The van der Waals surface area contributed by atoms with E-state index in [4.69, 9.17) is 0 Å². The predicted octanol–water partition coefficient (Wildman–Crippen LogP) is 2.02. The molecule has 0 heterocycles. The monoisotopic (exact) mass is 382 g/mol. The molecule has 0 unspecified atom stereocenters. The Labute approximate surface area is 137 Å². The second-order valence-corrected chi connectivity index (χ2v) is 9.15. The van der Waals surface area contributed by atoms with Crippen molar-refractivity contribution in [2.45, 2.75) is 18.2 Å². The van der Waals surface area contributed by atoms with Crippen LogP contribution in [-0.2, 0) is 9.84 Å². The molecule has 0 aromatic heterocycles. The third-order valence-corrected chi connectivity index (χ3v) is 7.14. The van der Waals surface area contributed by atoms with E-state index in [0.717, 1.165) is 14.5 Å². The maximum atomic E-state index is 12.5. The molecule has 5 heteroatoms. The van der Waals surface area contributed by atoms with E-state index in [9.17, 15) is 13.5 Å². The van der Waals surface area contributed by atoms with Crippen molar-refractivity contribution in [3.63, 3.8) is 0 Å². The van der Waals surface area contributed by atoms with Gasteiger partial charge in [-0.1, -0.05) is 0 Å². The van der Waals surface area contributed by atoms with Gasteiger partial charge in [0.2, 0.25) is 0 Å². The summed E-state index contributed by atoms with van der Waals surface area (Å²) in [6.45, 7) is 1.87. The SMILES string of the molecule is Cc1ccc(S(=O)(=O)/C=C(\CCO)[Se]c2ccccc2)cc1. The molecule has 2 aromatic rings. The summed E-state index contributed by atoms with van der Waals surface area (Å²) in [5.74, 6) is 0. The van der Waals surface area contributed by atoms with Crippen molar-refractivity contribution in [2.75, 3.05) is 6.61 Å². The van der Waals surface area contributed by atoms with Crippen LogP contribution in [0.1, 0.15) is 12.0 Å². The Morgan fingerprint density at radius 3 is 2.32 bits per heavy atom. The van der Waals surface area contributed by atoms with E-state index in [2.05, 4.69) is 0 Å². The van der Waals surface area contributed by atoms with Crippen molar-refractivity contribution in [3.8, 4) is 0 Å². The van der Waals surface area contributed by atoms with Crippen LogP contribution in [0, 0.1) is 6.92 Å². The Morgan fingerprint density at radius 1 is 1.09 bits per heavy atom. The molecule has 0 saturated heterocycles. The molecule has 1 N–H and O–H groups in total. The Bertz CT molecular complexity index is 735. The first kappa shape index (κ1) is 17.0. The van der Waals surface area contributed by atoms with Gasteiger partial charge in [0, 0.05) is 0 Å². The van der Waals surface area contributed by atoms with Gasteiger partial charge in [0.05, 0.1) is 0 Å². The topological polar surface area (TPSA) is 54.4 Å². The number of sulfone groups is 1. The minimum atomic E-state index is -3.48. The molecule has 0 aliphatic heterocycles. The summed E-state index contributed by atoms with van der Waals surface area (Å²) >= 11 is -0.109. The molecular weight excluding hydrogens is 363 g/mol. The average molecular weight is 381 g/mol. The van der Waals surface area contributed by atoms with Gasteiger partial charge in [-0.3, -0.25) is 0 Å². The second-order valence-electron chi connectivity index (χ2n) is 4.83. The van der Waals surface area contributed by atoms with Crippen LogP contribution in [0.4, 0.5) is 0 Å². The fourth-order valence-corrected chi connectivity index (χ4v) is 5.77. The summed E-state index contributed by atoms with van der Waals surface area (Å²) in [6.07, 6.45) is 0.375. The molecule has 0 aliphatic carbocycles. The van der Waals surface area contributed by atoms with Gasteiger partial charge in [0.1, 0.15) is 0 Å². The van der Waals surface area contributed by atoms with Crippen molar-refractivity contribution >= 4 is 29.3 Å². The van der Waals surface area contributed by atoms with Gasteiger partial charge in [-0.05, 0) is 0 Å². The molecule has 0 fully saturated rings. The first-order valence-electron chi connectivity index (χ1n) is 6.87. The Kier molecular flexibility index (Phi) is 5.98. The van der Waals surface area contributed by atoms with Crippen molar-refractivity contribution in [3.05, 3.63) is 70.0 Å². The quantitative estimate of drug-likeness (QED) is 0.779. The molecule has 0 spiro atoms. The first-order valence-corrected chi connectivity index (χ1v) is 10.1. The molecule has 0 radical (unpaired) electrons. The minimum absolute atomic E-state index is 0.0518. The third-order valence-electron chi connectivity index (χ3n) is 2.99. The summed E-state index contributed by atoms with van der Waals surface area (Å²) < 4.78 is 26.8. The number of aliphatic hydroxyl groups excluding tert-OH is 1. The van der Waals surface area contributed by atoms with E-state index < -0.39 is 9.84 Å². The Morgan fingerprint density at radius 2 is 1.73 bits per heavy atom. The van der Waals surface area contributed by atoms with Crippen LogP contribution in [0.15, 0.2) is 69.4 Å². The van der Waals surface area contributed by atoms with Crippen molar-refractivity contribution in [2.24, 2.45) is 0 Å². The number of benzene rings is 2. The van der Waals surface area contributed by atoms with Gasteiger partial charge in [-0.25, -0.2) is 0 Å². The number of hydrogen-bond donors (Lipinski definition) is 1. The average Bonchev–Trinajstić information content (AvgIpc) is 2.48. The van der Waals surface area contributed by atoms with Crippen LogP contribution < -0.4 is 4.46 Å². The van der Waals surface area contributed by atoms with E-state index in [0.29, 0.717) is 6.42 Å². The second kappa shape index (κ2) is 7.75. The van der Waals surface area contributed by atoms with Crippen LogP contribution in [0.5, 0.6) is 0 Å². The predicted molar refractivity (Wildman–Crippen MR) is 90.0 cm³/mol. The van der Waals surface area contributed by atoms with Gasteiger partial charge in [-0.15, -0.1) is 0 Å². The third kappa shape index (κ3) is 4.82. The summed E-state index contributed by atoms with van der Waals surface area (Å²) in [5, 5.41) is 10.5. The number of aryl methyl sites for hydroxylation is 1. The van der Waals surface area contributed by atoms with Crippen LogP contribution in [0.3, 0.4) is 0 Å². The van der Waals surface area contributed by atoms with E-state index in [1.54, 1.807) is 24.3 Å². The maximum absolute atomic E-state index is 12.5.